The fraction of sp³-hybridized carbons (Fsp3) is 0.0541. The molecule has 0 saturated heterocycles. The van der Waals surface area contributed by atoms with Crippen molar-refractivity contribution < 1.29 is 19.1 Å². The van der Waals surface area contributed by atoms with Crippen LogP contribution in [-0.4, -0.2) is 30.6 Å². The van der Waals surface area contributed by atoms with Gasteiger partial charge in [-0.1, -0.05) is 72.4 Å². The number of carbonyl (C=O) groups excluding carboxylic acids is 3. The molecule has 0 fully saturated rings. The van der Waals surface area contributed by atoms with Gasteiger partial charge in [0, 0.05) is 25.9 Å². The van der Waals surface area contributed by atoms with Crippen molar-refractivity contribution in [2.45, 2.75) is 14.7 Å². The van der Waals surface area contributed by atoms with Crippen LogP contribution in [0.4, 0.5) is 17.1 Å². The number of carbonyl (C=O) groups is 3. The first-order valence-electron chi connectivity index (χ1n) is 14.4. The van der Waals surface area contributed by atoms with Gasteiger partial charge in [-0.25, -0.2) is 0 Å². The third-order valence-corrected chi connectivity index (χ3v) is 9.20. The molecule has 7 nitrogen and oxygen atoms in total. The van der Waals surface area contributed by atoms with Crippen molar-refractivity contribution in [3.8, 4) is 5.75 Å². The molecule has 228 valence electrons. The Morgan fingerprint density at radius 2 is 1.43 bits per heavy atom. The van der Waals surface area contributed by atoms with E-state index in [4.69, 9.17) is 4.74 Å². The Hall–Kier alpha value is -5.25. The molecule has 5 aromatic carbocycles. The van der Waals surface area contributed by atoms with Crippen molar-refractivity contribution in [1.29, 1.82) is 0 Å². The van der Waals surface area contributed by atoms with Crippen LogP contribution < -0.4 is 20.3 Å². The van der Waals surface area contributed by atoms with E-state index in [1.54, 1.807) is 84.4 Å². The lowest BCUT2D eigenvalue weighted by Crippen LogP contribution is -2.30. The lowest BCUT2D eigenvalue weighted by Gasteiger charge is -2.31. The highest BCUT2D eigenvalue weighted by atomic mass is 32.2. The molecule has 3 amide bonds. The normalized spacial score (nSPS) is 12.0. The summed E-state index contributed by atoms with van der Waals surface area (Å²) in [6, 6.07) is 38.9. The molecular formula is C37H29N3O4S2. The molecular weight excluding hydrogens is 615 g/mol. The summed E-state index contributed by atoms with van der Waals surface area (Å²) < 4.78 is 5.24. The van der Waals surface area contributed by atoms with Gasteiger partial charge in [-0.15, -0.1) is 11.8 Å². The Labute approximate surface area is 275 Å². The second kappa shape index (κ2) is 14.2. The first kappa shape index (κ1) is 30.8. The second-order valence-corrected chi connectivity index (χ2v) is 12.3. The van der Waals surface area contributed by atoms with Crippen LogP contribution in [0.5, 0.6) is 5.75 Å². The van der Waals surface area contributed by atoms with E-state index in [0.717, 1.165) is 26.1 Å². The van der Waals surface area contributed by atoms with E-state index in [-0.39, 0.29) is 17.4 Å². The quantitative estimate of drug-likeness (QED) is 0.125. The lowest BCUT2D eigenvalue weighted by atomic mass is 10.1. The van der Waals surface area contributed by atoms with Gasteiger partial charge < -0.3 is 15.4 Å². The summed E-state index contributed by atoms with van der Waals surface area (Å²) in [5, 5.41) is 5.66. The molecule has 46 heavy (non-hydrogen) atoms. The van der Waals surface area contributed by atoms with Gasteiger partial charge in [0.15, 0.2) is 0 Å². The molecule has 9 heteroatoms. The predicted molar refractivity (Wildman–Crippen MR) is 185 cm³/mol. The largest absolute Gasteiger partial charge is 0.497 e. The number of benzene rings is 5. The number of nitrogens with zero attached hydrogens (tertiary/aromatic N) is 1. The van der Waals surface area contributed by atoms with Crippen LogP contribution in [0.15, 0.2) is 148 Å². The molecule has 0 spiro atoms. The summed E-state index contributed by atoms with van der Waals surface area (Å²) >= 11 is 3.04. The van der Waals surface area contributed by atoms with Gasteiger partial charge in [0.1, 0.15) is 11.4 Å². The van der Waals surface area contributed by atoms with Crippen LogP contribution in [0, 0.1) is 0 Å². The number of rotatable bonds is 9. The number of fused-ring (bicyclic) bond motifs is 2. The van der Waals surface area contributed by atoms with Gasteiger partial charge in [-0.05, 0) is 78.4 Å². The molecule has 0 radical (unpaired) electrons. The fourth-order valence-electron chi connectivity index (χ4n) is 4.85. The first-order chi connectivity index (χ1) is 22.5. The van der Waals surface area contributed by atoms with Crippen LogP contribution in [0.1, 0.15) is 15.9 Å². The van der Waals surface area contributed by atoms with E-state index in [1.807, 2.05) is 72.8 Å². The molecule has 1 aliphatic heterocycles. The zero-order valence-electron chi connectivity index (χ0n) is 24.8. The van der Waals surface area contributed by atoms with Crippen molar-refractivity contribution in [3.05, 3.63) is 144 Å². The van der Waals surface area contributed by atoms with Crippen molar-refractivity contribution in [2.75, 3.05) is 23.1 Å². The minimum Gasteiger partial charge on any atom is -0.497 e. The molecule has 5 aromatic rings. The highest BCUT2D eigenvalue weighted by Gasteiger charge is 2.27. The molecule has 0 saturated carbocycles. The van der Waals surface area contributed by atoms with Gasteiger partial charge >= 0.3 is 0 Å². The first-order valence-corrected chi connectivity index (χ1v) is 16.2. The van der Waals surface area contributed by atoms with Crippen LogP contribution >= 0.6 is 23.5 Å². The number of hydrogen-bond acceptors (Lipinski definition) is 6. The molecule has 0 aliphatic carbocycles. The van der Waals surface area contributed by atoms with Gasteiger partial charge in [0.05, 0.1) is 24.2 Å². The summed E-state index contributed by atoms with van der Waals surface area (Å²) in [5.74, 6) is -0.0692. The summed E-state index contributed by atoms with van der Waals surface area (Å²) in [4.78, 5) is 44.8. The number of para-hydroxylation sites is 2. The van der Waals surface area contributed by atoms with Gasteiger partial charge in [-0.2, -0.15) is 0 Å². The Morgan fingerprint density at radius 3 is 2.11 bits per heavy atom. The summed E-state index contributed by atoms with van der Waals surface area (Å²) in [7, 11) is 1.58. The number of ether oxygens (including phenoxy) is 1. The average Bonchev–Trinajstić information content (AvgIpc) is 3.10. The minimum absolute atomic E-state index is 0.0482. The number of nitrogens with one attached hydrogen (secondary N) is 2. The smallest absolute Gasteiger partial charge is 0.272 e. The number of methoxy groups -OCH3 is 1. The highest BCUT2D eigenvalue weighted by molar-refractivity contribution is 8.00. The number of hydrogen-bond donors (Lipinski definition) is 2. The molecule has 6 rings (SSSR count). The maximum atomic E-state index is 13.7. The Bertz CT molecular complexity index is 1880. The second-order valence-electron chi connectivity index (χ2n) is 10.2. The van der Waals surface area contributed by atoms with Crippen molar-refractivity contribution >= 4 is 64.4 Å². The van der Waals surface area contributed by atoms with Gasteiger partial charge in [0.25, 0.3) is 11.8 Å². The van der Waals surface area contributed by atoms with E-state index in [9.17, 15) is 14.4 Å². The van der Waals surface area contributed by atoms with Crippen molar-refractivity contribution in [2.24, 2.45) is 0 Å². The van der Waals surface area contributed by atoms with E-state index < -0.39 is 11.8 Å². The maximum absolute atomic E-state index is 13.7. The van der Waals surface area contributed by atoms with E-state index >= 15 is 0 Å². The Kier molecular flexibility index (Phi) is 9.52. The molecule has 1 heterocycles. The molecule has 2 N–H and O–H groups in total. The van der Waals surface area contributed by atoms with Crippen LogP contribution in [0.25, 0.3) is 6.08 Å². The predicted octanol–water partition coefficient (Wildman–Crippen LogP) is 8.03. The summed E-state index contributed by atoms with van der Waals surface area (Å²) in [6.07, 6.45) is 1.61. The van der Waals surface area contributed by atoms with E-state index in [1.165, 1.54) is 11.8 Å². The standard InChI is InChI=1S/C37H29N3O4S2/c1-44-28-20-18-25(19-21-28)22-30(39-36(42)26-10-3-2-4-11-26)37(43)38-27-12-9-13-29(23-27)45-24-35(41)40-31-14-5-7-16-33(31)46-34-17-8-6-15-32(34)40/h2-23H,24H2,1H3,(H,38,43)(H,39,42)/b30-22-. The number of anilines is 3. The summed E-state index contributed by atoms with van der Waals surface area (Å²) in [5.41, 5.74) is 3.48. The monoisotopic (exact) mass is 643 g/mol. The third-order valence-electron chi connectivity index (χ3n) is 7.09. The number of amides is 3. The molecule has 0 unspecified atom stereocenters. The highest BCUT2D eigenvalue weighted by Crippen LogP contribution is 2.48. The van der Waals surface area contributed by atoms with Gasteiger partial charge in [0.2, 0.25) is 5.91 Å². The topological polar surface area (TPSA) is 87.7 Å². The SMILES string of the molecule is COc1ccc(/C=C(\NC(=O)c2ccccc2)C(=O)Nc2cccc(SCC(=O)N3c4ccccc4Sc4ccccc43)c2)cc1. The molecule has 0 aromatic heterocycles. The molecule has 0 atom stereocenters. The van der Waals surface area contributed by atoms with Crippen molar-refractivity contribution in [3.63, 3.8) is 0 Å². The summed E-state index contributed by atoms with van der Waals surface area (Å²) in [6.45, 7) is 0. The third kappa shape index (κ3) is 7.17. The molecule has 0 bridgehead atoms. The zero-order valence-corrected chi connectivity index (χ0v) is 26.4. The van der Waals surface area contributed by atoms with Gasteiger partial charge in [-0.3, -0.25) is 19.3 Å². The Balaban J connectivity index is 1.18. The number of thioether (sulfide) groups is 1. The lowest BCUT2D eigenvalue weighted by molar-refractivity contribution is -0.115. The van der Waals surface area contributed by atoms with Crippen LogP contribution in [-0.2, 0) is 9.59 Å². The minimum atomic E-state index is -0.489. The van der Waals surface area contributed by atoms with E-state index in [2.05, 4.69) is 10.6 Å². The zero-order chi connectivity index (χ0) is 31.9. The van der Waals surface area contributed by atoms with Crippen LogP contribution in [0.2, 0.25) is 0 Å². The average molecular weight is 644 g/mol. The molecule has 1 aliphatic rings. The Morgan fingerprint density at radius 1 is 0.783 bits per heavy atom. The van der Waals surface area contributed by atoms with Crippen LogP contribution in [0.3, 0.4) is 0 Å². The van der Waals surface area contributed by atoms with Crippen molar-refractivity contribution in [1.82, 2.24) is 5.32 Å². The fourth-order valence-corrected chi connectivity index (χ4v) is 6.72. The van der Waals surface area contributed by atoms with E-state index in [0.29, 0.717) is 22.6 Å². The maximum Gasteiger partial charge on any atom is 0.272 e.